The molecule has 0 bridgehead atoms. The predicted molar refractivity (Wildman–Crippen MR) is 104 cm³/mol. The monoisotopic (exact) mass is 368 g/mol. The van der Waals surface area contributed by atoms with Gasteiger partial charge in [-0.1, -0.05) is 0 Å². The van der Waals surface area contributed by atoms with Crippen LogP contribution < -0.4 is 16.0 Å². The molecule has 8 heteroatoms. The van der Waals surface area contributed by atoms with Gasteiger partial charge >= 0.3 is 0 Å². The Morgan fingerprint density at radius 3 is 2.65 bits per heavy atom. The van der Waals surface area contributed by atoms with Crippen LogP contribution in [0, 0.1) is 0 Å². The van der Waals surface area contributed by atoms with Gasteiger partial charge in [-0.2, -0.15) is 0 Å². The van der Waals surface area contributed by atoms with E-state index in [1.807, 2.05) is 7.05 Å². The number of rotatable bonds is 6. The molecule has 0 saturated carbocycles. The smallest absolute Gasteiger partial charge is 0.233 e. The van der Waals surface area contributed by atoms with Crippen molar-refractivity contribution in [3.05, 3.63) is 0 Å². The number of amides is 1. The van der Waals surface area contributed by atoms with Gasteiger partial charge < -0.3 is 20.7 Å². The lowest BCUT2D eigenvalue weighted by molar-refractivity contribution is -0.122. The van der Waals surface area contributed by atoms with Crippen LogP contribution in [0.1, 0.15) is 26.7 Å². The van der Waals surface area contributed by atoms with Gasteiger partial charge in [0.2, 0.25) is 5.91 Å². The minimum atomic E-state index is 0.0835. The topological polar surface area (TPSA) is 81.2 Å². The normalized spacial score (nSPS) is 24.9. The number of aliphatic imine (C=N–C) groups is 1. The molecular formula is C18H36N6O2. The van der Waals surface area contributed by atoms with Crippen LogP contribution in [0.2, 0.25) is 0 Å². The lowest BCUT2D eigenvalue weighted by Gasteiger charge is -2.38. The number of hydrogen-bond acceptors (Lipinski definition) is 5. The summed E-state index contributed by atoms with van der Waals surface area (Å²) in [6.07, 6.45) is 2.04. The molecule has 3 N–H and O–H groups in total. The van der Waals surface area contributed by atoms with Crippen molar-refractivity contribution in [3.63, 3.8) is 0 Å². The van der Waals surface area contributed by atoms with Gasteiger partial charge in [-0.15, -0.1) is 0 Å². The van der Waals surface area contributed by atoms with E-state index in [-0.39, 0.29) is 5.91 Å². The molecule has 2 unspecified atom stereocenters. The molecule has 0 aromatic heterocycles. The van der Waals surface area contributed by atoms with Gasteiger partial charge in [0.05, 0.1) is 19.8 Å². The summed E-state index contributed by atoms with van der Waals surface area (Å²) >= 11 is 0. The Hall–Kier alpha value is -1.38. The third-order valence-corrected chi connectivity index (χ3v) is 5.35. The van der Waals surface area contributed by atoms with Crippen LogP contribution in [0.4, 0.5) is 0 Å². The highest BCUT2D eigenvalue weighted by atomic mass is 16.5. The van der Waals surface area contributed by atoms with E-state index in [9.17, 15) is 4.79 Å². The number of guanidine groups is 1. The number of likely N-dealkylation sites (N-methyl/N-ethyl adjacent to an activating group) is 1. The maximum Gasteiger partial charge on any atom is 0.233 e. The second-order valence-corrected chi connectivity index (χ2v) is 7.33. The van der Waals surface area contributed by atoms with Gasteiger partial charge in [-0.3, -0.25) is 19.6 Å². The number of likely N-dealkylation sites (tertiary alicyclic amines) is 1. The van der Waals surface area contributed by atoms with Crippen LogP contribution in [0.15, 0.2) is 4.99 Å². The van der Waals surface area contributed by atoms with E-state index in [2.05, 4.69) is 44.6 Å². The fourth-order valence-corrected chi connectivity index (χ4v) is 3.66. The van der Waals surface area contributed by atoms with E-state index in [0.29, 0.717) is 24.7 Å². The molecule has 2 atom stereocenters. The van der Waals surface area contributed by atoms with Crippen molar-refractivity contribution in [1.82, 2.24) is 25.8 Å². The van der Waals surface area contributed by atoms with Gasteiger partial charge in [-0.05, 0) is 26.7 Å². The molecular weight excluding hydrogens is 332 g/mol. The molecule has 2 rings (SSSR count). The van der Waals surface area contributed by atoms with Crippen LogP contribution in [-0.4, -0.2) is 99.8 Å². The number of nitrogens with one attached hydrogen (secondary N) is 3. The van der Waals surface area contributed by atoms with Crippen molar-refractivity contribution in [2.45, 2.75) is 44.8 Å². The van der Waals surface area contributed by atoms with Gasteiger partial charge in [-0.25, -0.2) is 0 Å². The molecule has 1 amide bonds. The number of nitrogens with zero attached hydrogens (tertiary/aromatic N) is 3. The SMILES string of the molecule is CN=C(NCC(C)N1CCOCC1C)NC1CCN(CC(=O)NC)CC1. The van der Waals surface area contributed by atoms with Crippen LogP contribution in [0.25, 0.3) is 0 Å². The molecule has 8 nitrogen and oxygen atoms in total. The molecule has 2 aliphatic heterocycles. The minimum Gasteiger partial charge on any atom is -0.379 e. The van der Waals surface area contributed by atoms with E-state index >= 15 is 0 Å². The van der Waals surface area contributed by atoms with Crippen molar-refractivity contribution < 1.29 is 9.53 Å². The van der Waals surface area contributed by atoms with Crippen LogP contribution >= 0.6 is 0 Å². The van der Waals surface area contributed by atoms with Crippen molar-refractivity contribution in [3.8, 4) is 0 Å². The first-order chi connectivity index (χ1) is 12.5. The Balaban J connectivity index is 1.70. The van der Waals surface area contributed by atoms with E-state index in [1.54, 1.807) is 7.05 Å². The zero-order chi connectivity index (χ0) is 18.9. The summed E-state index contributed by atoms with van der Waals surface area (Å²) < 4.78 is 5.52. The molecule has 2 aliphatic rings. The number of carbonyl (C=O) groups excluding carboxylic acids is 1. The van der Waals surface area contributed by atoms with Gasteiger partial charge in [0.25, 0.3) is 0 Å². The molecule has 0 aromatic rings. The predicted octanol–water partition coefficient (Wildman–Crippen LogP) is -0.529. The quantitative estimate of drug-likeness (QED) is 0.432. The van der Waals surface area contributed by atoms with E-state index in [1.165, 1.54) is 0 Å². The molecule has 2 saturated heterocycles. The highest BCUT2D eigenvalue weighted by Gasteiger charge is 2.24. The third kappa shape index (κ3) is 6.41. The molecule has 2 fully saturated rings. The summed E-state index contributed by atoms with van der Waals surface area (Å²) in [5.41, 5.74) is 0. The van der Waals surface area contributed by atoms with Gasteiger partial charge in [0.1, 0.15) is 0 Å². The maximum atomic E-state index is 11.5. The summed E-state index contributed by atoms with van der Waals surface area (Å²) in [7, 11) is 3.50. The number of ether oxygens (including phenoxy) is 1. The lowest BCUT2D eigenvalue weighted by atomic mass is 10.1. The van der Waals surface area contributed by atoms with Crippen molar-refractivity contribution in [2.24, 2.45) is 4.99 Å². The fourth-order valence-electron chi connectivity index (χ4n) is 3.66. The van der Waals surface area contributed by atoms with Crippen LogP contribution in [-0.2, 0) is 9.53 Å². The molecule has 2 heterocycles. The summed E-state index contributed by atoms with van der Waals surface area (Å²) in [6.45, 7) is 10.3. The lowest BCUT2D eigenvalue weighted by Crippen LogP contribution is -2.54. The molecule has 26 heavy (non-hydrogen) atoms. The van der Waals surface area contributed by atoms with Crippen molar-refractivity contribution in [1.29, 1.82) is 0 Å². The first kappa shape index (κ1) is 20.9. The van der Waals surface area contributed by atoms with Crippen LogP contribution in [0.5, 0.6) is 0 Å². The molecule has 0 spiro atoms. The minimum absolute atomic E-state index is 0.0835. The zero-order valence-electron chi connectivity index (χ0n) is 16.8. The summed E-state index contributed by atoms with van der Waals surface area (Å²) in [6, 6.07) is 1.29. The maximum absolute atomic E-state index is 11.5. The average Bonchev–Trinajstić information content (AvgIpc) is 2.66. The highest BCUT2D eigenvalue weighted by molar-refractivity contribution is 5.80. The number of morpholine rings is 1. The second kappa shape index (κ2) is 10.7. The molecule has 150 valence electrons. The summed E-state index contributed by atoms with van der Waals surface area (Å²) in [5.74, 6) is 0.947. The third-order valence-electron chi connectivity index (χ3n) is 5.35. The Kier molecular flexibility index (Phi) is 8.61. The molecule has 0 aliphatic carbocycles. The molecule has 0 radical (unpaired) electrons. The Morgan fingerprint density at radius 2 is 2.04 bits per heavy atom. The standard InChI is InChI=1S/C18H36N6O2/c1-14(24-9-10-26-13-15(24)2)11-21-18(20-4)22-16-5-7-23(8-6-16)12-17(25)19-3/h14-16H,5-13H2,1-4H3,(H,19,25)(H2,20,21,22). The van der Waals surface area contributed by atoms with E-state index in [4.69, 9.17) is 4.74 Å². The summed E-state index contributed by atoms with van der Waals surface area (Å²) in [5, 5.41) is 9.68. The van der Waals surface area contributed by atoms with Crippen molar-refractivity contribution >= 4 is 11.9 Å². The Morgan fingerprint density at radius 1 is 1.31 bits per heavy atom. The van der Waals surface area contributed by atoms with Gasteiger partial charge in [0, 0.05) is 58.4 Å². The van der Waals surface area contributed by atoms with E-state index in [0.717, 1.165) is 58.2 Å². The molecule has 0 aromatic carbocycles. The fraction of sp³-hybridized carbons (Fsp3) is 0.889. The second-order valence-electron chi connectivity index (χ2n) is 7.33. The Labute approximate surface area is 157 Å². The summed E-state index contributed by atoms with van der Waals surface area (Å²) in [4.78, 5) is 20.5. The highest BCUT2D eigenvalue weighted by Crippen LogP contribution is 2.11. The van der Waals surface area contributed by atoms with Crippen LogP contribution in [0.3, 0.4) is 0 Å². The first-order valence-corrected chi connectivity index (χ1v) is 9.77. The largest absolute Gasteiger partial charge is 0.379 e. The van der Waals surface area contributed by atoms with Gasteiger partial charge in [0.15, 0.2) is 5.96 Å². The number of piperidine rings is 1. The van der Waals surface area contributed by atoms with Crippen molar-refractivity contribution in [2.75, 3.05) is 60.0 Å². The average molecular weight is 369 g/mol. The Bertz CT molecular complexity index is 465. The number of hydrogen-bond donors (Lipinski definition) is 3. The number of carbonyl (C=O) groups is 1. The zero-order valence-corrected chi connectivity index (χ0v) is 16.8. The van der Waals surface area contributed by atoms with E-state index < -0.39 is 0 Å². The first-order valence-electron chi connectivity index (χ1n) is 9.77.